The van der Waals surface area contributed by atoms with Crippen LogP contribution in [0.4, 0.5) is 5.69 Å². The van der Waals surface area contributed by atoms with Crippen molar-refractivity contribution in [3.63, 3.8) is 0 Å². The van der Waals surface area contributed by atoms with Gasteiger partial charge in [-0.3, -0.25) is 9.36 Å². The van der Waals surface area contributed by atoms with Crippen LogP contribution in [0.15, 0.2) is 71.9 Å². The summed E-state index contributed by atoms with van der Waals surface area (Å²) >= 11 is 13.4. The number of rotatable bonds is 8. The summed E-state index contributed by atoms with van der Waals surface area (Å²) in [4.78, 5) is 12.7. The molecule has 1 aromatic heterocycles. The lowest BCUT2D eigenvalue weighted by atomic mass is 10.2. The van der Waals surface area contributed by atoms with Crippen LogP contribution in [0, 0.1) is 0 Å². The van der Waals surface area contributed by atoms with Crippen LogP contribution in [-0.4, -0.2) is 40.6 Å². The molecule has 0 spiro atoms. The molecule has 0 aliphatic carbocycles. The third kappa shape index (κ3) is 5.64. The molecule has 3 aromatic carbocycles. The van der Waals surface area contributed by atoms with E-state index in [-0.39, 0.29) is 11.7 Å². The van der Waals surface area contributed by atoms with Crippen LogP contribution in [-0.2, 0) is 4.79 Å². The number of methoxy groups -OCH3 is 2. The molecular formula is C24H20Cl2N4O3S. The van der Waals surface area contributed by atoms with Crippen LogP contribution in [0.5, 0.6) is 11.5 Å². The number of amides is 1. The molecule has 34 heavy (non-hydrogen) atoms. The predicted molar refractivity (Wildman–Crippen MR) is 136 cm³/mol. The van der Waals surface area contributed by atoms with Gasteiger partial charge in [0.15, 0.2) is 11.0 Å². The van der Waals surface area contributed by atoms with Gasteiger partial charge in [-0.1, -0.05) is 35.0 Å². The summed E-state index contributed by atoms with van der Waals surface area (Å²) in [6, 6.07) is 19.8. The predicted octanol–water partition coefficient (Wildman–Crippen LogP) is 5.99. The Morgan fingerprint density at radius 1 is 0.912 bits per heavy atom. The molecule has 0 saturated carbocycles. The van der Waals surface area contributed by atoms with Gasteiger partial charge in [-0.25, -0.2) is 0 Å². The topological polar surface area (TPSA) is 78.3 Å². The summed E-state index contributed by atoms with van der Waals surface area (Å²) in [5, 5.41) is 13.4. The molecular weight excluding hydrogens is 495 g/mol. The molecule has 0 radical (unpaired) electrons. The molecule has 174 valence electrons. The highest BCUT2D eigenvalue weighted by atomic mass is 35.5. The third-order valence-electron chi connectivity index (χ3n) is 4.79. The van der Waals surface area contributed by atoms with Crippen molar-refractivity contribution in [2.24, 2.45) is 0 Å². The molecule has 0 aliphatic heterocycles. The van der Waals surface area contributed by atoms with Crippen molar-refractivity contribution in [1.29, 1.82) is 0 Å². The largest absolute Gasteiger partial charge is 0.497 e. The van der Waals surface area contributed by atoms with E-state index in [0.29, 0.717) is 38.2 Å². The van der Waals surface area contributed by atoms with Gasteiger partial charge in [0.25, 0.3) is 0 Å². The fraction of sp³-hybridized carbons (Fsp3) is 0.125. The van der Waals surface area contributed by atoms with Crippen molar-refractivity contribution in [3.05, 3.63) is 76.8 Å². The summed E-state index contributed by atoms with van der Waals surface area (Å²) in [5.74, 6) is 1.69. The maximum atomic E-state index is 12.7. The van der Waals surface area contributed by atoms with E-state index >= 15 is 0 Å². The number of nitrogens with zero attached hydrogens (tertiary/aromatic N) is 3. The number of aromatic nitrogens is 3. The molecule has 4 rings (SSSR count). The Hall–Kier alpha value is -3.20. The Balaban J connectivity index is 1.58. The van der Waals surface area contributed by atoms with Crippen molar-refractivity contribution in [2.75, 3.05) is 25.3 Å². The molecule has 0 unspecified atom stereocenters. The lowest BCUT2D eigenvalue weighted by Gasteiger charge is -2.11. The summed E-state index contributed by atoms with van der Waals surface area (Å²) in [6.45, 7) is 0. The molecule has 0 fully saturated rings. The number of benzene rings is 3. The number of ether oxygens (including phenoxy) is 2. The van der Waals surface area contributed by atoms with Gasteiger partial charge in [-0.05, 0) is 48.5 Å². The number of hydrogen-bond acceptors (Lipinski definition) is 6. The fourth-order valence-electron chi connectivity index (χ4n) is 3.18. The highest BCUT2D eigenvalue weighted by Crippen LogP contribution is 2.30. The van der Waals surface area contributed by atoms with Crippen molar-refractivity contribution in [1.82, 2.24) is 14.8 Å². The summed E-state index contributed by atoms with van der Waals surface area (Å²) < 4.78 is 12.4. The highest BCUT2D eigenvalue weighted by Gasteiger charge is 2.18. The van der Waals surface area contributed by atoms with Crippen molar-refractivity contribution in [3.8, 4) is 28.6 Å². The van der Waals surface area contributed by atoms with Crippen molar-refractivity contribution < 1.29 is 14.3 Å². The lowest BCUT2D eigenvalue weighted by molar-refractivity contribution is -0.113. The van der Waals surface area contributed by atoms with Crippen LogP contribution in [0.25, 0.3) is 17.1 Å². The monoisotopic (exact) mass is 514 g/mol. The molecule has 1 amide bonds. The third-order valence-corrected chi connectivity index (χ3v) is 6.22. The highest BCUT2D eigenvalue weighted by molar-refractivity contribution is 7.99. The van der Waals surface area contributed by atoms with Gasteiger partial charge in [0.1, 0.15) is 11.5 Å². The van der Waals surface area contributed by atoms with Crippen molar-refractivity contribution >= 4 is 46.6 Å². The normalized spacial score (nSPS) is 10.7. The molecule has 1 heterocycles. The summed E-state index contributed by atoms with van der Waals surface area (Å²) in [7, 11) is 3.11. The number of carbonyl (C=O) groups excluding carboxylic acids is 1. The smallest absolute Gasteiger partial charge is 0.234 e. The first-order valence-corrected chi connectivity index (χ1v) is 11.8. The number of carbonyl (C=O) groups is 1. The van der Waals surface area contributed by atoms with E-state index in [1.165, 1.54) is 11.8 Å². The van der Waals surface area contributed by atoms with Crippen LogP contribution in [0.2, 0.25) is 10.0 Å². The average molecular weight is 515 g/mol. The van der Waals surface area contributed by atoms with Gasteiger partial charge < -0.3 is 14.8 Å². The quantitative estimate of drug-likeness (QED) is 0.291. The van der Waals surface area contributed by atoms with Gasteiger partial charge in [-0.2, -0.15) is 0 Å². The van der Waals surface area contributed by atoms with E-state index in [4.69, 9.17) is 32.7 Å². The maximum Gasteiger partial charge on any atom is 0.234 e. The Labute approximate surface area is 211 Å². The number of nitrogens with one attached hydrogen (secondary N) is 1. The van der Waals surface area contributed by atoms with E-state index in [1.54, 1.807) is 56.7 Å². The van der Waals surface area contributed by atoms with E-state index in [1.807, 2.05) is 28.8 Å². The molecule has 10 heteroatoms. The maximum absolute atomic E-state index is 12.7. The SMILES string of the molecule is COc1cc(NC(=O)CSc2nnc(-c3ccc(Cl)cc3)n2-c2ccc(Cl)cc2)cc(OC)c1. The number of anilines is 1. The lowest BCUT2D eigenvalue weighted by Crippen LogP contribution is -2.14. The van der Waals surface area contributed by atoms with Gasteiger partial charge >= 0.3 is 0 Å². The van der Waals surface area contributed by atoms with Crippen LogP contribution in [0.1, 0.15) is 0 Å². The summed E-state index contributed by atoms with van der Waals surface area (Å²) in [6.07, 6.45) is 0. The summed E-state index contributed by atoms with van der Waals surface area (Å²) in [5.41, 5.74) is 2.23. The van der Waals surface area contributed by atoms with E-state index in [2.05, 4.69) is 15.5 Å². The molecule has 0 aliphatic rings. The molecule has 4 aromatic rings. The zero-order chi connectivity index (χ0) is 24.1. The van der Waals surface area contributed by atoms with Gasteiger partial charge in [0.2, 0.25) is 5.91 Å². The fourth-order valence-corrected chi connectivity index (χ4v) is 4.18. The molecule has 0 bridgehead atoms. The second kappa shape index (κ2) is 10.8. The standard InChI is InChI=1S/C24H20Cl2N4O3S/c1-32-20-11-18(12-21(13-20)33-2)27-22(31)14-34-24-29-28-23(15-3-5-16(25)6-4-15)30(24)19-9-7-17(26)8-10-19/h3-13H,14H2,1-2H3,(H,27,31). The minimum Gasteiger partial charge on any atom is -0.497 e. The molecule has 7 nitrogen and oxygen atoms in total. The van der Waals surface area contributed by atoms with E-state index in [0.717, 1.165) is 11.3 Å². The number of thioether (sulfide) groups is 1. The second-order valence-electron chi connectivity index (χ2n) is 7.06. The first-order valence-electron chi connectivity index (χ1n) is 10.1. The van der Waals surface area contributed by atoms with E-state index < -0.39 is 0 Å². The van der Waals surface area contributed by atoms with Gasteiger partial charge in [0.05, 0.1) is 20.0 Å². The number of hydrogen-bond donors (Lipinski definition) is 1. The average Bonchev–Trinajstić information content (AvgIpc) is 3.27. The Kier molecular flexibility index (Phi) is 7.62. The van der Waals surface area contributed by atoms with E-state index in [9.17, 15) is 4.79 Å². The zero-order valence-electron chi connectivity index (χ0n) is 18.3. The Bertz CT molecular complexity index is 1270. The molecule has 0 saturated heterocycles. The molecule has 0 atom stereocenters. The first-order chi connectivity index (χ1) is 16.5. The zero-order valence-corrected chi connectivity index (χ0v) is 20.6. The van der Waals surface area contributed by atoms with Crippen LogP contribution >= 0.6 is 35.0 Å². The second-order valence-corrected chi connectivity index (χ2v) is 8.88. The first kappa shape index (κ1) is 23.9. The van der Waals surface area contributed by atoms with Gasteiger partial charge in [0, 0.05) is 45.2 Å². The Morgan fingerprint density at radius 2 is 1.50 bits per heavy atom. The molecule has 1 N–H and O–H groups in total. The van der Waals surface area contributed by atoms with Crippen LogP contribution < -0.4 is 14.8 Å². The minimum atomic E-state index is -0.209. The minimum absolute atomic E-state index is 0.117. The number of halogens is 2. The van der Waals surface area contributed by atoms with Crippen molar-refractivity contribution in [2.45, 2.75) is 5.16 Å². The van der Waals surface area contributed by atoms with Gasteiger partial charge in [-0.15, -0.1) is 10.2 Å². The Morgan fingerprint density at radius 3 is 2.09 bits per heavy atom. The van der Waals surface area contributed by atoms with Crippen LogP contribution in [0.3, 0.4) is 0 Å².